The summed E-state index contributed by atoms with van der Waals surface area (Å²) < 4.78 is 26.9. The number of carboxylic acid groups (broad SMARTS) is 1. The van der Waals surface area contributed by atoms with Crippen LogP contribution in [-0.4, -0.2) is 17.7 Å². The summed E-state index contributed by atoms with van der Waals surface area (Å²) in [4.78, 5) is 11.1. The van der Waals surface area contributed by atoms with Crippen LogP contribution in [0.15, 0.2) is 54.6 Å². The highest BCUT2D eigenvalue weighted by Gasteiger charge is 2.31. The number of rotatable bonds is 4. The molecular weight excluding hydrogens is 395 g/mol. The van der Waals surface area contributed by atoms with Crippen molar-refractivity contribution in [2.24, 2.45) is 0 Å². The van der Waals surface area contributed by atoms with Gasteiger partial charge in [-0.3, -0.25) is 4.79 Å². The van der Waals surface area contributed by atoms with Crippen molar-refractivity contribution in [3.8, 4) is 22.6 Å². The van der Waals surface area contributed by atoms with E-state index in [0.29, 0.717) is 30.1 Å². The number of hydrogen-bond donors (Lipinski definition) is 1. The van der Waals surface area contributed by atoms with Gasteiger partial charge >= 0.3 is 5.97 Å². The SMILES string of the molecule is Cc1ccccc1-c1ccc(C2CCc3cc4c(cc3O2)OC[C@H]4CC(=O)O)c(F)c1. The second-order valence-electron chi connectivity index (χ2n) is 8.30. The monoisotopic (exact) mass is 418 g/mol. The fourth-order valence-electron chi connectivity index (χ4n) is 4.60. The largest absolute Gasteiger partial charge is 0.492 e. The van der Waals surface area contributed by atoms with Crippen molar-refractivity contribution < 1.29 is 23.8 Å². The lowest BCUT2D eigenvalue weighted by Crippen LogP contribution is -2.16. The summed E-state index contributed by atoms with van der Waals surface area (Å²) in [7, 11) is 0. The third-order valence-corrected chi connectivity index (χ3v) is 6.24. The maximum absolute atomic E-state index is 15.1. The van der Waals surface area contributed by atoms with E-state index in [1.807, 2.05) is 55.5 Å². The van der Waals surface area contributed by atoms with Gasteiger partial charge in [-0.15, -0.1) is 0 Å². The van der Waals surface area contributed by atoms with Gasteiger partial charge in [-0.05, 0) is 54.2 Å². The maximum Gasteiger partial charge on any atom is 0.304 e. The number of aliphatic carboxylic acids is 1. The molecule has 2 aliphatic heterocycles. The average Bonchev–Trinajstić information content (AvgIpc) is 3.13. The van der Waals surface area contributed by atoms with Crippen LogP contribution in [0.3, 0.4) is 0 Å². The first-order valence-electron chi connectivity index (χ1n) is 10.5. The van der Waals surface area contributed by atoms with E-state index in [0.717, 1.165) is 34.2 Å². The maximum atomic E-state index is 15.1. The molecule has 3 aromatic carbocycles. The van der Waals surface area contributed by atoms with E-state index in [4.69, 9.17) is 14.6 Å². The molecule has 5 rings (SSSR count). The van der Waals surface area contributed by atoms with Crippen LogP contribution in [0.1, 0.15) is 47.1 Å². The van der Waals surface area contributed by atoms with Crippen molar-refractivity contribution >= 4 is 5.97 Å². The van der Waals surface area contributed by atoms with Crippen molar-refractivity contribution in [3.63, 3.8) is 0 Å². The molecule has 5 heteroatoms. The summed E-state index contributed by atoms with van der Waals surface area (Å²) in [5.41, 5.74) is 5.48. The summed E-state index contributed by atoms with van der Waals surface area (Å²) in [5, 5.41) is 9.12. The second-order valence-corrected chi connectivity index (χ2v) is 8.30. The summed E-state index contributed by atoms with van der Waals surface area (Å²) in [6.07, 6.45) is 1.09. The van der Waals surface area contributed by atoms with Crippen molar-refractivity contribution in [1.82, 2.24) is 0 Å². The van der Waals surface area contributed by atoms with E-state index in [2.05, 4.69) is 0 Å². The Kier molecular flexibility index (Phi) is 4.89. The number of carboxylic acids is 1. The zero-order chi connectivity index (χ0) is 21.5. The zero-order valence-electron chi connectivity index (χ0n) is 17.2. The van der Waals surface area contributed by atoms with Crippen molar-refractivity contribution in [1.29, 1.82) is 0 Å². The van der Waals surface area contributed by atoms with Gasteiger partial charge in [-0.2, -0.15) is 0 Å². The topological polar surface area (TPSA) is 55.8 Å². The predicted molar refractivity (Wildman–Crippen MR) is 115 cm³/mol. The van der Waals surface area contributed by atoms with Crippen molar-refractivity contribution in [2.45, 2.75) is 38.2 Å². The quantitative estimate of drug-likeness (QED) is 0.580. The molecule has 0 fully saturated rings. The number of hydrogen-bond acceptors (Lipinski definition) is 3. The van der Waals surface area contributed by atoms with E-state index < -0.39 is 5.97 Å². The van der Waals surface area contributed by atoms with E-state index in [1.165, 1.54) is 0 Å². The highest BCUT2D eigenvalue weighted by Crippen LogP contribution is 2.44. The molecule has 1 unspecified atom stereocenters. The Bertz CT molecular complexity index is 1170. The standard InChI is InChI=1S/C26H23FO4/c1-15-4-2-3-5-19(15)16-6-8-20(22(27)11-16)23-9-7-17-10-21-18(12-26(28)29)14-30-25(21)13-24(17)31-23/h2-6,8,10-11,13,18,23H,7,9,12,14H2,1H3,(H,28,29)/t18-,23?/m1/s1. The van der Waals surface area contributed by atoms with Gasteiger partial charge in [0.25, 0.3) is 0 Å². The van der Waals surface area contributed by atoms with E-state index >= 15 is 4.39 Å². The third kappa shape index (κ3) is 3.65. The highest BCUT2D eigenvalue weighted by atomic mass is 19.1. The minimum Gasteiger partial charge on any atom is -0.492 e. The number of carbonyl (C=O) groups is 1. The fourth-order valence-corrected chi connectivity index (χ4v) is 4.60. The molecule has 2 heterocycles. The zero-order valence-corrected chi connectivity index (χ0v) is 17.2. The molecule has 158 valence electrons. The number of benzene rings is 3. The predicted octanol–water partition coefficient (Wildman–Crippen LogP) is 5.82. The molecule has 2 atom stereocenters. The minimum atomic E-state index is -0.833. The molecule has 0 saturated heterocycles. The normalized spacial score (nSPS) is 19.2. The number of aryl methyl sites for hydroxylation is 2. The Balaban J connectivity index is 1.40. The molecule has 2 aliphatic rings. The van der Waals surface area contributed by atoms with Crippen LogP contribution in [0.25, 0.3) is 11.1 Å². The molecule has 0 aromatic heterocycles. The van der Waals surface area contributed by atoms with E-state index in [1.54, 1.807) is 6.07 Å². The van der Waals surface area contributed by atoms with Crippen LogP contribution < -0.4 is 9.47 Å². The molecule has 31 heavy (non-hydrogen) atoms. The summed E-state index contributed by atoms with van der Waals surface area (Å²) in [6.45, 7) is 2.38. The molecule has 3 aromatic rings. The van der Waals surface area contributed by atoms with Crippen molar-refractivity contribution in [2.75, 3.05) is 6.61 Å². The van der Waals surface area contributed by atoms with Crippen LogP contribution in [0.5, 0.6) is 11.5 Å². The molecule has 0 aliphatic carbocycles. The molecule has 0 spiro atoms. The summed E-state index contributed by atoms with van der Waals surface area (Å²) in [5.74, 6) is 0.115. The second kappa shape index (κ2) is 7.73. The molecule has 0 amide bonds. The highest BCUT2D eigenvalue weighted by molar-refractivity contribution is 5.69. The van der Waals surface area contributed by atoms with Gasteiger partial charge in [0, 0.05) is 23.1 Å². The van der Waals surface area contributed by atoms with Gasteiger partial charge in [0.05, 0.1) is 13.0 Å². The Morgan fingerprint density at radius 2 is 1.94 bits per heavy atom. The van der Waals surface area contributed by atoms with Gasteiger partial charge < -0.3 is 14.6 Å². The Morgan fingerprint density at radius 1 is 1.10 bits per heavy atom. The number of fused-ring (bicyclic) bond motifs is 2. The Labute approximate surface area is 180 Å². The van der Waals surface area contributed by atoms with Crippen LogP contribution in [-0.2, 0) is 11.2 Å². The van der Waals surface area contributed by atoms with Gasteiger partial charge in [0.1, 0.15) is 23.4 Å². The molecular formula is C26H23FO4. The molecule has 0 bridgehead atoms. The third-order valence-electron chi connectivity index (χ3n) is 6.24. The van der Waals surface area contributed by atoms with E-state index in [-0.39, 0.29) is 24.3 Å². The van der Waals surface area contributed by atoms with Gasteiger partial charge in [-0.1, -0.05) is 36.4 Å². The first-order chi connectivity index (χ1) is 15.0. The smallest absolute Gasteiger partial charge is 0.304 e. The minimum absolute atomic E-state index is 0.0493. The van der Waals surface area contributed by atoms with Gasteiger partial charge in [0.2, 0.25) is 0 Å². The molecule has 0 radical (unpaired) electrons. The Morgan fingerprint density at radius 3 is 2.71 bits per heavy atom. The van der Waals surface area contributed by atoms with Crippen LogP contribution in [0, 0.1) is 12.7 Å². The van der Waals surface area contributed by atoms with E-state index in [9.17, 15) is 4.79 Å². The molecule has 1 N–H and O–H groups in total. The van der Waals surface area contributed by atoms with Gasteiger partial charge in [0.15, 0.2) is 0 Å². The summed E-state index contributed by atoms with van der Waals surface area (Å²) >= 11 is 0. The lowest BCUT2D eigenvalue weighted by Gasteiger charge is -2.27. The molecule has 0 saturated carbocycles. The van der Waals surface area contributed by atoms with Crippen LogP contribution in [0.2, 0.25) is 0 Å². The van der Waals surface area contributed by atoms with Gasteiger partial charge in [-0.25, -0.2) is 4.39 Å². The first-order valence-corrected chi connectivity index (χ1v) is 10.5. The van der Waals surface area contributed by atoms with Crippen LogP contribution >= 0.6 is 0 Å². The lowest BCUT2D eigenvalue weighted by atomic mass is 9.91. The average molecular weight is 418 g/mol. The number of halogens is 1. The van der Waals surface area contributed by atoms with Crippen LogP contribution in [0.4, 0.5) is 4.39 Å². The Hall–Kier alpha value is -3.34. The lowest BCUT2D eigenvalue weighted by molar-refractivity contribution is -0.137. The fraction of sp³-hybridized carbons (Fsp3) is 0.269. The van der Waals surface area contributed by atoms with Crippen molar-refractivity contribution in [3.05, 3.63) is 82.7 Å². The molecule has 4 nitrogen and oxygen atoms in total. The first kappa shape index (κ1) is 19.6. The number of ether oxygens (including phenoxy) is 2. The summed E-state index contributed by atoms with van der Waals surface area (Å²) in [6, 6.07) is 17.1.